The van der Waals surface area contributed by atoms with Crippen molar-refractivity contribution >= 4 is 11.0 Å². The van der Waals surface area contributed by atoms with Crippen LogP contribution in [-0.4, -0.2) is 55.4 Å². The first kappa shape index (κ1) is 26.8. The molecule has 0 atom stereocenters. The van der Waals surface area contributed by atoms with Gasteiger partial charge in [0.25, 0.3) is 0 Å². The van der Waals surface area contributed by atoms with E-state index in [0.29, 0.717) is 13.2 Å². The second kappa shape index (κ2) is 12.9. The number of benzene rings is 2. The number of nitrogens with zero attached hydrogens (tertiary/aromatic N) is 3. The van der Waals surface area contributed by atoms with Crippen molar-refractivity contribution < 1.29 is 14.2 Å². The lowest BCUT2D eigenvalue weighted by Gasteiger charge is -2.14. The van der Waals surface area contributed by atoms with Gasteiger partial charge in [-0.05, 0) is 92.3 Å². The summed E-state index contributed by atoms with van der Waals surface area (Å²) >= 11 is 0. The summed E-state index contributed by atoms with van der Waals surface area (Å²) in [6, 6.07) is 12.8. The molecule has 204 valence electrons. The zero-order valence-corrected chi connectivity index (χ0v) is 23.4. The Balaban J connectivity index is 1.24. The zero-order valence-electron chi connectivity index (χ0n) is 23.4. The van der Waals surface area contributed by atoms with E-state index in [1.165, 1.54) is 11.1 Å². The molecule has 0 unspecified atom stereocenters. The summed E-state index contributed by atoms with van der Waals surface area (Å²) in [5.74, 6) is 2.35. The highest BCUT2D eigenvalue weighted by Gasteiger charge is 2.12. The van der Waals surface area contributed by atoms with Crippen molar-refractivity contribution in [2.24, 2.45) is 0 Å². The van der Waals surface area contributed by atoms with Crippen LogP contribution in [-0.2, 0) is 17.7 Å². The Morgan fingerprint density at radius 2 is 1.72 bits per heavy atom. The third kappa shape index (κ3) is 7.01. The van der Waals surface area contributed by atoms with Crippen molar-refractivity contribution in [3.63, 3.8) is 0 Å². The maximum atomic E-state index is 6.15. The first-order chi connectivity index (χ1) is 19.1. The molecular formula is C33H39N3O3. The summed E-state index contributed by atoms with van der Waals surface area (Å²) < 4.78 is 19.4. The molecule has 2 aromatic carbocycles. The number of hydrogen-bond donors (Lipinski definition) is 0. The molecular weight excluding hydrogens is 486 g/mol. The van der Waals surface area contributed by atoms with Crippen molar-refractivity contribution in [1.82, 2.24) is 14.5 Å². The molecule has 1 aliphatic carbocycles. The van der Waals surface area contributed by atoms with Crippen molar-refractivity contribution in [2.45, 2.75) is 38.6 Å². The lowest BCUT2D eigenvalue weighted by atomic mass is 10.0. The SMILES string of the molecule is COC1=CCC/C=C(COc2ccc(Cn3cnc4cc(CC5=CCCN(C)CC5)ccc43)cc2OC)\C=C/1. The topological polar surface area (TPSA) is 48.8 Å². The number of hydrogen-bond acceptors (Lipinski definition) is 5. The van der Waals surface area contributed by atoms with Gasteiger partial charge in [0.2, 0.25) is 0 Å². The first-order valence-electron chi connectivity index (χ1n) is 13.8. The second-order valence-electron chi connectivity index (χ2n) is 10.4. The van der Waals surface area contributed by atoms with Crippen LogP contribution in [0.25, 0.3) is 11.0 Å². The van der Waals surface area contributed by atoms with E-state index < -0.39 is 0 Å². The van der Waals surface area contributed by atoms with Crippen LogP contribution in [0.2, 0.25) is 0 Å². The van der Waals surface area contributed by atoms with Crippen molar-refractivity contribution in [3.05, 3.63) is 101 Å². The van der Waals surface area contributed by atoms with Gasteiger partial charge >= 0.3 is 0 Å². The molecule has 1 aromatic heterocycles. The Morgan fingerprint density at radius 1 is 0.846 bits per heavy atom. The third-order valence-corrected chi connectivity index (χ3v) is 7.47. The molecule has 0 saturated heterocycles. The molecule has 0 spiro atoms. The quantitative estimate of drug-likeness (QED) is 0.300. The minimum Gasteiger partial charge on any atom is -0.497 e. The van der Waals surface area contributed by atoms with Gasteiger partial charge in [-0.25, -0.2) is 4.98 Å². The monoisotopic (exact) mass is 525 g/mol. The van der Waals surface area contributed by atoms with Crippen molar-refractivity contribution in [2.75, 3.05) is 41.0 Å². The average Bonchev–Trinajstić information content (AvgIpc) is 3.21. The highest BCUT2D eigenvalue weighted by molar-refractivity contribution is 5.76. The molecule has 0 bridgehead atoms. The third-order valence-electron chi connectivity index (χ3n) is 7.47. The molecule has 2 aliphatic rings. The van der Waals surface area contributed by atoms with Gasteiger partial charge in [0.05, 0.1) is 31.6 Å². The van der Waals surface area contributed by atoms with E-state index in [2.05, 4.69) is 71.2 Å². The van der Waals surface area contributed by atoms with Crippen LogP contribution >= 0.6 is 0 Å². The van der Waals surface area contributed by atoms with E-state index in [4.69, 9.17) is 19.2 Å². The molecule has 6 heteroatoms. The molecule has 0 fully saturated rings. The van der Waals surface area contributed by atoms with Crippen LogP contribution in [0.5, 0.6) is 11.5 Å². The molecule has 5 rings (SSSR count). The number of methoxy groups -OCH3 is 2. The van der Waals surface area contributed by atoms with E-state index >= 15 is 0 Å². The van der Waals surface area contributed by atoms with E-state index in [1.54, 1.807) is 14.2 Å². The highest BCUT2D eigenvalue weighted by Crippen LogP contribution is 2.30. The van der Waals surface area contributed by atoms with Gasteiger partial charge < -0.3 is 23.7 Å². The van der Waals surface area contributed by atoms with E-state index in [0.717, 1.165) is 84.6 Å². The number of imidazole rings is 1. The van der Waals surface area contributed by atoms with Crippen LogP contribution in [0, 0.1) is 0 Å². The van der Waals surface area contributed by atoms with Crippen LogP contribution in [0.3, 0.4) is 0 Å². The van der Waals surface area contributed by atoms with Gasteiger partial charge in [-0.2, -0.15) is 0 Å². The number of allylic oxidation sites excluding steroid dienone is 3. The smallest absolute Gasteiger partial charge is 0.161 e. The second-order valence-corrected chi connectivity index (χ2v) is 10.4. The standard InChI is InChI=1S/C33H39N3O3/c1-35-17-6-8-25(16-18-35)19-27-11-14-31-30(20-27)34-24-36(31)22-28-12-15-32(33(21-28)38-3)39-23-26-7-4-5-9-29(37-2)13-10-26/h7-15,20-21,24H,4-6,16-19,22-23H2,1-3H3/b13-10-,26-7+,29-9?. The summed E-state index contributed by atoms with van der Waals surface area (Å²) in [5, 5.41) is 0. The molecule has 1 aliphatic heterocycles. The Hall–Kier alpha value is -3.77. The molecule has 0 radical (unpaired) electrons. The maximum Gasteiger partial charge on any atom is 0.161 e. The maximum absolute atomic E-state index is 6.15. The van der Waals surface area contributed by atoms with Gasteiger partial charge in [0.15, 0.2) is 11.5 Å². The van der Waals surface area contributed by atoms with Crippen LogP contribution in [0.4, 0.5) is 0 Å². The Bertz CT molecular complexity index is 1410. The highest BCUT2D eigenvalue weighted by atomic mass is 16.5. The molecule has 2 heterocycles. The Kier molecular flexibility index (Phi) is 8.84. The minimum absolute atomic E-state index is 0.477. The summed E-state index contributed by atoms with van der Waals surface area (Å²) in [7, 11) is 5.59. The predicted molar refractivity (Wildman–Crippen MR) is 157 cm³/mol. The number of ether oxygens (including phenoxy) is 3. The van der Waals surface area contributed by atoms with Gasteiger partial charge in [-0.1, -0.05) is 35.9 Å². The summed E-state index contributed by atoms with van der Waals surface area (Å²) in [6.07, 6.45) is 17.9. The Labute approximate surface area is 231 Å². The van der Waals surface area contributed by atoms with Gasteiger partial charge in [-0.3, -0.25) is 0 Å². The molecule has 6 nitrogen and oxygen atoms in total. The summed E-state index contributed by atoms with van der Waals surface area (Å²) in [5.41, 5.74) is 7.30. The Morgan fingerprint density at radius 3 is 2.59 bits per heavy atom. The minimum atomic E-state index is 0.477. The predicted octanol–water partition coefficient (Wildman–Crippen LogP) is 6.47. The summed E-state index contributed by atoms with van der Waals surface area (Å²) in [6.45, 7) is 3.47. The molecule has 0 N–H and O–H groups in total. The summed E-state index contributed by atoms with van der Waals surface area (Å²) in [4.78, 5) is 7.13. The van der Waals surface area contributed by atoms with Gasteiger partial charge in [0, 0.05) is 19.6 Å². The number of fused-ring (bicyclic) bond motifs is 1. The lowest BCUT2D eigenvalue weighted by molar-refractivity contribution is 0.304. The zero-order chi connectivity index (χ0) is 27.0. The lowest BCUT2D eigenvalue weighted by Crippen LogP contribution is -2.18. The van der Waals surface area contributed by atoms with E-state index in [1.807, 2.05) is 18.5 Å². The van der Waals surface area contributed by atoms with Gasteiger partial charge in [-0.15, -0.1) is 0 Å². The average molecular weight is 526 g/mol. The van der Waals surface area contributed by atoms with Gasteiger partial charge in [0.1, 0.15) is 12.4 Å². The number of rotatable bonds is 9. The first-order valence-corrected chi connectivity index (χ1v) is 13.8. The van der Waals surface area contributed by atoms with Crippen molar-refractivity contribution in [3.8, 4) is 11.5 Å². The van der Waals surface area contributed by atoms with E-state index in [9.17, 15) is 0 Å². The van der Waals surface area contributed by atoms with Crippen molar-refractivity contribution in [1.29, 1.82) is 0 Å². The molecule has 0 saturated carbocycles. The fourth-order valence-corrected chi connectivity index (χ4v) is 5.17. The van der Waals surface area contributed by atoms with E-state index in [-0.39, 0.29) is 0 Å². The fraction of sp³-hybridized carbons (Fsp3) is 0.364. The van der Waals surface area contributed by atoms with Crippen LogP contribution < -0.4 is 9.47 Å². The largest absolute Gasteiger partial charge is 0.497 e. The number of aromatic nitrogens is 2. The molecule has 3 aromatic rings. The molecule has 0 amide bonds. The normalized spacial score (nSPS) is 18.7. The fourth-order valence-electron chi connectivity index (χ4n) is 5.17. The van der Waals surface area contributed by atoms with Crippen LogP contribution in [0.1, 0.15) is 36.8 Å². The van der Waals surface area contributed by atoms with Crippen LogP contribution in [0.15, 0.2) is 90.0 Å². The molecule has 39 heavy (non-hydrogen) atoms.